The minimum atomic E-state index is 0.239. The zero-order chi connectivity index (χ0) is 12.6. The summed E-state index contributed by atoms with van der Waals surface area (Å²) in [5, 5.41) is 0. The molecule has 0 bridgehead atoms. The van der Waals surface area contributed by atoms with E-state index in [1.165, 1.54) is 27.8 Å². The van der Waals surface area contributed by atoms with Crippen LogP contribution in [0.25, 0.3) is 5.57 Å². The summed E-state index contributed by atoms with van der Waals surface area (Å²) in [7, 11) is 0. The van der Waals surface area contributed by atoms with Gasteiger partial charge in [0.05, 0.1) is 0 Å². The molecule has 0 saturated carbocycles. The molecular weight excluding hydrogens is 204 g/mol. The van der Waals surface area contributed by atoms with Crippen molar-refractivity contribution in [2.45, 2.75) is 46.5 Å². The average molecular weight is 226 g/mol. The quantitative estimate of drug-likeness (QED) is 0.624. The van der Waals surface area contributed by atoms with E-state index in [0.29, 0.717) is 0 Å². The second-order valence-electron chi connectivity index (χ2n) is 6.19. The van der Waals surface area contributed by atoms with Crippen LogP contribution in [-0.2, 0) is 5.41 Å². The second kappa shape index (κ2) is 4.18. The van der Waals surface area contributed by atoms with Gasteiger partial charge in [-0.25, -0.2) is 0 Å². The van der Waals surface area contributed by atoms with Crippen molar-refractivity contribution in [1.29, 1.82) is 0 Å². The van der Waals surface area contributed by atoms with Crippen molar-refractivity contribution >= 4 is 5.57 Å². The Morgan fingerprint density at radius 1 is 0.941 bits per heavy atom. The predicted molar refractivity (Wildman–Crippen MR) is 76.1 cm³/mol. The van der Waals surface area contributed by atoms with Crippen molar-refractivity contribution < 1.29 is 0 Å². The third-order valence-electron chi connectivity index (χ3n) is 3.46. The monoisotopic (exact) mass is 226 g/mol. The number of hydrogen-bond donors (Lipinski definition) is 0. The predicted octanol–water partition coefficient (Wildman–Crippen LogP) is 5.11. The molecule has 0 radical (unpaired) electrons. The lowest BCUT2D eigenvalue weighted by Gasteiger charge is -2.19. The summed E-state index contributed by atoms with van der Waals surface area (Å²) >= 11 is 0. The first-order valence-electron chi connectivity index (χ1n) is 6.36. The minimum Gasteiger partial charge on any atom is -0.0686 e. The maximum absolute atomic E-state index is 2.32. The van der Waals surface area contributed by atoms with E-state index in [4.69, 9.17) is 0 Å². The number of rotatable bonds is 1. The van der Waals surface area contributed by atoms with Crippen molar-refractivity contribution in [1.82, 2.24) is 0 Å². The van der Waals surface area contributed by atoms with Gasteiger partial charge < -0.3 is 0 Å². The van der Waals surface area contributed by atoms with E-state index < -0.39 is 0 Å². The molecule has 1 aliphatic carbocycles. The first-order valence-corrected chi connectivity index (χ1v) is 6.36. The highest BCUT2D eigenvalue weighted by Crippen LogP contribution is 2.33. The Labute approximate surface area is 105 Å². The van der Waals surface area contributed by atoms with Gasteiger partial charge in [-0.15, -0.1) is 0 Å². The van der Waals surface area contributed by atoms with Gasteiger partial charge in [-0.2, -0.15) is 0 Å². The van der Waals surface area contributed by atoms with Gasteiger partial charge >= 0.3 is 0 Å². The van der Waals surface area contributed by atoms with Gasteiger partial charge in [0.15, 0.2) is 0 Å². The molecule has 0 saturated heterocycles. The van der Waals surface area contributed by atoms with E-state index in [-0.39, 0.29) is 5.41 Å². The van der Waals surface area contributed by atoms with Crippen LogP contribution in [0.1, 0.15) is 52.2 Å². The second-order valence-corrected chi connectivity index (χ2v) is 6.19. The van der Waals surface area contributed by atoms with Gasteiger partial charge in [-0.05, 0) is 42.4 Å². The highest BCUT2D eigenvalue weighted by atomic mass is 14.2. The normalized spacial score (nSPS) is 16.4. The van der Waals surface area contributed by atoms with Crippen LogP contribution in [0.3, 0.4) is 0 Å². The smallest absolute Gasteiger partial charge is 0.0101 e. The molecule has 0 aliphatic heterocycles. The van der Waals surface area contributed by atoms with Crippen LogP contribution >= 0.6 is 0 Å². The lowest BCUT2D eigenvalue weighted by molar-refractivity contribution is 0.590. The van der Waals surface area contributed by atoms with Crippen molar-refractivity contribution in [3.05, 3.63) is 52.6 Å². The molecule has 0 nitrogen and oxygen atoms in total. The first-order chi connectivity index (χ1) is 7.88. The SMILES string of the molecule is CC1=CC(c2ccc(C(C)(C)C)cc2)=C(C)C1. The van der Waals surface area contributed by atoms with E-state index in [1.807, 2.05) is 0 Å². The molecule has 2 rings (SSSR count). The van der Waals surface area contributed by atoms with Gasteiger partial charge in [-0.3, -0.25) is 0 Å². The Morgan fingerprint density at radius 2 is 1.53 bits per heavy atom. The van der Waals surface area contributed by atoms with Gasteiger partial charge in [0.25, 0.3) is 0 Å². The van der Waals surface area contributed by atoms with Gasteiger partial charge in [0.1, 0.15) is 0 Å². The molecule has 0 aromatic heterocycles. The van der Waals surface area contributed by atoms with Crippen molar-refractivity contribution in [3.63, 3.8) is 0 Å². The topological polar surface area (TPSA) is 0 Å². The molecule has 0 N–H and O–H groups in total. The fourth-order valence-corrected chi connectivity index (χ4v) is 2.41. The van der Waals surface area contributed by atoms with E-state index in [2.05, 4.69) is 65.0 Å². The van der Waals surface area contributed by atoms with E-state index in [0.717, 1.165) is 6.42 Å². The number of allylic oxidation sites excluding steroid dienone is 4. The first kappa shape index (κ1) is 12.2. The molecule has 0 heteroatoms. The lowest BCUT2D eigenvalue weighted by atomic mass is 9.86. The Hall–Kier alpha value is -1.30. The third kappa shape index (κ3) is 2.52. The molecule has 1 aliphatic rings. The molecule has 0 atom stereocenters. The van der Waals surface area contributed by atoms with Crippen LogP contribution in [0, 0.1) is 0 Å². The van der Waals surface area contributed by atoms with Crippen LogP contribution in [-0.4, -0.2) is 0 Å². The average Bonchev–Trinajstić information content (AvgIpc) is 2.57. The van der Waals surface area contributed by atoms with Crippen LogP contribution in [0.4, 0.5) is 0 Å². The van der Waals surface area contributed by atoms with Crippen LogP contribution in [0.15, 0.2) is 41.5 Å². The van der Waals surface area contributed by atoms with Crippen LogP contribution < -0.4 is 0 Å². The highest BCUT2D eigenvalue weighted by Gasteiger charge is 2.15. The Kier molecular flexibility index (Phi) is 2.99. The van der Waals surface area contributed by atoms with Crippen molar-refractivity contribution in [2.75, 3.05) is 0 Å². The summed E-state index contributed by atoms with van der Waals surface area (Å²) in [6.07, 6.45) is 3.46. The van der Waals surface area contributed by atoms with Crippen LogP contribution in [0.5, 0.6) is 0 Å². The molecule has 1 aromatic carbocycles. The molecule has 0 unspecified atom stereocenters. The van der Waals surface area contributed by atoms with Gasteiger partial charge in [0.2, 0.25) is 0 Å². The van der Waals surface area contributed by atoms with E-state index in [1.54, 1.807) is 0 Å². The maximum Gasteiger partial charge on any atom is -0.0101 e. The Morgan fingerprint density at radius 3 is 1.94 bits per heavy atom. The number of benzene rings is 1. The van der Waals surface area contributed by atoms with Gasteiger partial charge in [-0.1, -0.05) is 62.3 Å². The molecule has 0 heterocycles. The summed E-state index contributed by atoms with van der Waals surface area (Å²) in [6.45, 7) is 11.2. The molecule has 0 fully saturated rings. The van der Waals surface area contributed by atoms with Crippen molar-refractivity contribution in [3.8, 4) is 0 Å². The fourth-order valence-electron chi connectivity index (χ4n) is 2.41. The Balaban J connectivity index is 2.34. The molecule has 0 amide bonds. The highest BCUT2D eigenvalue weighted by molar-refractivity contribution is 5.80. The lowest BCUT2D eigenvalue weighted by Crippen LogP contribution is -2.10. The molecular formula is C17H22. The third-order valence-corrected chi connectivity index (χ3v) is 3.46. The molecule has 0 spiro atoms. The Bertz CT molecular complexity index is 476. The molecule has 1 aromatic rings. The minimum absolute atomic E-state index is 0.239. The van der Waals surface area contributed by atoms with Crippen LogP contribution in [0.2, 0.25) is 0 Å². The van der Waals surface area contributed by atoms with Crippen molar-refractivity contribution in [2.24, 2.45) is 0 Å². The zero-order valence-electron chi connectivity index (χ0n) is 11.6. The summed E-state index contributed by atoms with van der Waals surface area (Å²) in [6, 6.07) is 9.04. The number of hydrogen-bond acceptors (Lipinski definition) is 0. The fraction of sp³-hybridized carbons (Fsp3) is 0.412. The summed E-state index contributed by atoms with van der Waals surface area (Å²) < 4.78 is 0. The van der Waals surface area contributed by atoms with E-state index >= 15 is 0 Å². The standard InChI is InChI=1S/C17H22/c1-12-10-13(2)16(11-12)14-6-8-15(9-7-14)17(3,4)5/h6-9,11H,10H2,1-5H3. The summed E-state index contributed by atoms with van der Waals surface area (Å²) in [5.41, 5.74) is 7.38. The molecule has 17 heavy (non-hydrogen) atoms. The van der Waals surface area contributed by atoms with E-state index in [9.17, 15) is 0 Å². The maximum atomic E-state index is 2.32. The van der Waals surface area contributed by atoms with Gasteiger partial charge in [0, 0.05) is 0 Å². The summed E-state index contributed by atoms with van der Waals surface area (Å²) in [4.78, 5) is 0. The molecule has 90 valence electrons. The largest absolute Gasteiger partial charge is 0.0686 e. The zero-order valence-corrected chi connectivity index (χ0v) is 11.6. The summed E-state index contributed by atoms with van der Waals surface area (Å²) in [5.74, 6) is 0.